The van der Waals surface area contributed by atoms with Gasteiger partial charge in [0.1, 0.15) is 5.56 Å². The highest BCUT2D eigenvalue weighted by Gasteiger charge is 2.27. The number of thiazole rings is 1. The Balaban J connectivity index is 2.05. The van der Waals surface area contributed by atoms with E-state index in [1.54, 1.807) is 29.7 Å². The van der Waals surface area contributed by atoms with Crippen molar-refractivity contribution in [3.63, 3.8) is 0 Å². The maximum Gasteiger partial charge on any atom is 0.285 e. The van der Waals surface area contributed by atoms with Gasteiger partial charge in [-0.15, -0.1) is 11.3 Å². The van der Waals surface area contributed by atoms with E-state index in [1.807, 2.05) is 13.8 Å². The number of rotatable bonds is 5. The third kappa shape index (κ3) is 4.67. The van der Waals surface area contributed by atoms with E-state index in [0.717, 1.165) is 11.3 Å². The summed E-state index contributed by atoms with van der Waals surface area (Å²) in [5, 5.41) is 0. The highest BCUT2D eigenvalue weighted by molar-refractivity contribution is 7.09. The number of ether oxygens (including phenoxy) is 1. The number of hydrogen-bond donors (Lipinski definition) is 0. The predicted molar refractivity (Wildman–Crippen MR) is 108 cm³/mol. The zero-order valence-corrected chi connectivity index (χ0v) is 17.9. The summed E-state index contributed by atoms with van der Waals surface area (Å²) in [7, 11) is 0. The van der Waals surface area contributed by atoms with Crippen LogP contribution in [0.5, 0.6) is 5.88 Å². The average Bonchev–Trinajstić information content (AvgIpc) is 3.33. The second-order valence-electron chi connectivity index (χ2n) is 8.54. The van der Waals surface area contributed by atoms with Gasteiger partial charge in [-0.1, -0.05) is 20.8 Å². The van der Waals surface area contributed by atoms with Gasteiger partial charge in [-0.2, -0.15) is 4.99 Å². The Labute approximate surface area is 165 Å². The lowest BCUT2D eigenvalue weighted by Gasteiger charge is -2.17. The summed E-state index contributed by atoms with van der Waals surface area (Å²) in [6.07, 6.45) is 4.10. The number of carbonyl (C=O) groups excluding carboxylic acids is 1. The summed E-state index contributed by atoms with van der Waals surface area (Å²) in [5.74, 6) is 0.753. The van der Waals surface area contributed by atoms with Crippen molar-refractivity contribution in [2.24, 2.45) is 10.9 Å². The van der Waals surface area contributed by atoms with Gasteiger partial charge in [0.15, 0.2) is 4.80 Å². The highest BCUT2D eigenvalue weighted by atomic mass is 32.1. The molecule has 2 aromatic heterocycles. The number of hydrogen-bond acceptors (Lipinski definition) is 4. The molecule has 0 bridgehead atoms. The summed E-state index contributed by atoms with van der Waals surface area (Å²) in [5.41, 5.74) is 1.65. The maximum absolute atomic E-state index is 12.9. The third-order valence-corrected chi connectivity index (χ3v) is 6.13. The number of amides is 1. The van der Waals surface area contributed by atoms with E-state index in [4.69, 9.17) is 4.74 Å². The lowest BCUT2D eigenvalue weighted by Crippen LogP contribution is -2.20. The third-order valence-electron chi connectivity index (χ3n) is 4.52. The first-order chi connectivity index (χ1) is 12.7. The van der Waals surface area contributed by atoms with Gasteiger partial charge in [0, 0.05) is 23.3 Å². The summed E-state index contributed by atoms with van der Waals surface area (Å²) in [6.45, 7) is 13.5. The van der Waals surface area contributed by atoms with Crippen LogP contribution in [0, 0.1) is 12.8 Å². The van der Waals surface area contributed by atoms with Crippen LogP contribution in [-0.4, -0.2) is 21.6 Å². The number of nitrogens with zero attached hydrogens (tertiary/aromatic N) is 3. The van der Waals surface area contributed by atoms with Crippen LogP contribution in [0.25, 0.3) is 0 Å². The van der Waals surface area contributed by atoms with Gasteiger partial charge < -0.3 is 9.30 Å². The van der Waals surface area contributed by atoms with Gasteiger partial charge in [-0.3, -0.25) is 4.79 Å². The molecule has 2 aromatic rings. The molecule has 1 fully saturated rings. The van der Waals surface area contributed by atoms with Crippen molar-refractivity contribution < 1.29 is 9.53 Å². The summed E-state index contributed by atoms with van der Waals surface area (Å²) in [6, 6.07) is 3.47. The number of carbonyl (C=O) groups is 1. The molecule has 0 spiro atoms. The van der Waals surface area contributed by atoms with E-state index in [0.29, 0.717) is 17.4 Å². The maximum atomic E-state index is 12.9. The minimum absolute atomic E-state index is 0.0249. The molecular weight excluding hydrogens is 358 g/mol. The standard InChI is InChI=1S/C21H29N3O2S/c1-13(2)26-19-16(8-7-11-22-19)18(25)23-20-24(12-15-9-10-15)14(3)17(27-20)21(4,5)6/h7-8,11,13,15H,9-10,12H2,1-6H3. The van der Waals surface area contributed by atoms with E-state index < -0.39 is 0 Å². The Morgan fingerprint density at radius 1 is 1.41 bits per heavy atom. The Bertz CT molecular complexity index is 899. The predicted octanol–water partition coefficient (Wildman–Crippen LogP) is 4.49. The molecule has 1 saturated carbocycles. The monoisotopic (exact) mass is 387 g/mol. The van der Waals surface area contributed by atoms with Crippen molar-refractivity contribution in [1.29, 1.82) is 0 Å². The van der Waals surface area contributed by atoms with Gasteiger partial charge in [-0.05, 0) is 57.1 Å². The molecule has 0 saturated heterocycles. The Kier molecular flexibility index (Phi) is 5.56. The molecule has 2 heterocycles. The fourth-order valence-corrected chi connectivity index (χ4v) is 4.25. The van der Waals surface area contributed by atoms with Crippen LogP contribution in [0.3, 0.4) is 0 Å². The lowest BCUT2D eigenvalue weighted by atomic mass is 9.93. The normalized spacial score (nSPS) is 15.4. The van der Waals surface area contributed by atoms with Gasteiger partial charge in [0.25, 0.3) is 5.91 Å². The van der Waals surface area contributed by atoms with Crippen LogP contribution in [0.1, 0.15) is 68.4 Å². The van der Waals surface area contributed by atoms with E-state index in [2.05, 4.69) is 42.2 Å². The van der Waals surface area contributed by atoms with Crippen LogP contribution >= 0.6 is 11.3 Å². The minimum Gasteiger partial charge on any atom is -0.474 e. The molecule has 5 nitrogen and oxygen atoms in total. The zero-order chi connectivity index (χ0) is 19.8. The summed E-state index contributed by atoms with van der Waals surface area (Å²) in [4.78, 5) is 23.7. The van der Waals surface area contributed by atoms with Crippen LogP contribution in [-0.2, 0) is 12.0 Å². The van der Waals surface area contributed by atoms with Crippen LogP contribution in [0.15, 0.2) is 23.3 Å². The lowest BCUT2D eigenvalue weighted by molar-refractivity contribution is 0.0990. The van der Waals surface area contributed by atoms with Crippen LogP contribution in [0.2, 0.25) is 0 Å². The van der Waals surface area contributed by atoms with Crippen molar-refractivity contribution >= 4 is 17.2 Å². The van der Waals surface area contributed by atoms with Crippen molar-refractivity contribution in [1.82, 2.24) is 9.55 Å². The Hall–Kier alpha value is -1.95. The van der Waals surface area contributed by atoms with E-state index in [9.17, 15) is 4.79 Å². The van der Waals surface area contributed by atoms with Crippen molar-refractivity contribution in [3.05, 3.63) is 39.3 Å². The van der Waals surface area contributed by atoms with E-state index in [1.165, 1.54) is 23.4 Å². The summed E-state index contributed by atoms with van der Waals surface area (Å²) >= 11 is 1.62. The van der Waals surface area contributed by atoms with Gasteiger partial charge in [-0.25, -0.2) is 4.98 Å². The average molecular weight is 388 g/mol. The topological polar surface area (TPSA) is 56.5 Å². The molecule has 0 radical (unpaired) electrons. The molecular formula is C21H29N3O2S. The van der Waals surface area contributed by atoms with Gasteiger partial charge in [0.2, 0.25) is 5.88 Å². The Morgan fingerprint density at radius 2 is 2.11 bits per heavy atom. The van der Waals surface area contributed by atoms with Crippen molar-refractivity contribution in [3.8, 4) is 5.88 Å². The van der Waals surface area contributed by atoms with E-state index >= 15 is 0 Å². The molecule has 1 aliphatic carbocycles. The second-order valence-corrected chi connectivity index (χ2v) is 9.52. The zero-order valence-electron chi connectivity index (χ0n) is 17.1. The highest BCUT2D eigenvalue weighted by Crippen LogP contribution is 2.33. The molecule has 1 amide bonds. The first-order valence-corrected chi connectivity index (χ1v) is 10.4. The number of pyridine rings is 1. The summed E-state index contributed by atoms with van der Waals surface area (Å²) < 4.78 is 7.92. The smallest absolute Gasteiger partial charge is 0.285 e. The molecule has 0 N–H and O–H groups in total. The fraction of sp³-hybridized carbons (Fsp3) is 0.571. The Morgan fingerprint density at radius 3 is 2.70 bits per heavy atom. The first kappa shape index (κ1) is 19.8. The molecule has 146 valence electrons. The first-order valence-electron chi connectivity index (χ1n) is 9.58. The van der Waals surface area contributed by atoms with E-state index in [-0.39, 0.29) is 17.4 Å². The molecule has 0 aromatic carbocycles. The van der Waals surface area contributed by atoms with Crippen LogP contribution < -0.4 is 9.54 Å². The molecule has 1 aliphatic rings. The SMILES string of the molecule is Cc1c(C(C)(C)C)sc(=NC(=O)c2cccnc2OC(C)C)n1CC1CC1. The number of aromatic nitrogens is 2. The minimum atomic E-state index is -0.301. The molecule has 27 heavy (non-hydrogen) atoms. The van der Waals surface area contributed by atoms with Crippen molar-refractivity contribution in [2.75, 3.05) is 0 Å². The van der Waals surface area contributed by atoms with Crippen molar-refractivity contribution in [2.45, 2.75) is 72.4 Å². The molecule has 0 atom stereocenters. The van der Waals surface area contributed by atoms with Gasteiger partial charge in [0.05, 0.1) is 6.10 Å². The molecule has 0 unspecified atom stereocenters. The second kappa shape index (κ2) is 7.58. The molecule has 6 heteroatoms. The van der Waals surface area contributed by atoms with Gasteiger partial charge >= 0.3 is 0 Å². The molecule has 0 aliphatic heterocycles. The quantitative estimate of drug-likeness (QED) is 0.759. The fourth-order valence-electron chi connectivity index (χ4n) is 3.06. The molecule has 3 rings (SSSR count). The van der Waals surface area contributed by atoms with Crippen LogP contribution in [0.4, 0.5) is 0 Å². The largest absolute Gasteiger partial charge is 0.474 e.